The lowest BCUT2D eigenvalue weighted by Gasteiger charge is -2.23. The van der Waals surface area contributed by atoms with Crippen molar-refractivity contribution in [3.05, 3.63) is 142 Å². The third-order valence-corrected chi connectivity index (χ3v) is 10.9. The van der Waals surface area contributed by atoms with E-state index in [-0.39, 0.29) is 0 Å². The Morgan fingerprint density at radius 2 is 0.483 bits per heavy atom. The summed E-state index contributed by atoms with van der Waals surface area (Å²) in [6.45, 7) is 25.1. The molecule has 0 amide bonds. The molecule has 0 unspecified atom stereocenters. The van der Waals surface area contributed by atoms with Gasteiger partial charge in [-0.25, -0.2) is 9.97 Å². The summed E-state index contributed by atoms with van der Waals surface area (Å²) in [6, 6.07) is 34.4. The van der Waals surface area contributed by atoms with Crippen LogP contribution in [0.4, 0.5) is 22.7 Å². The fourth-order valence-electron chi connectivity index (χ4n) is 7.58. The number of rotatable bonds is 20. The average Bonchev–Trinajstić information content (AvgIpc) is 3.27. The van der Waals surface area contributed by atoms with E-state index in [1.807, 2.05) is 0 Å². The molecule has 6 nitrogen and oxygen atoms in total. The Hall–Kier alpha value is -5.88. The first kappa shape index (κ1) is 43.2. The van der Waals surface area contributed by atoms with Gasteiger partial charge in [0.05, 0.1) is 22.8 Å². The highest BCUT2D eigenvalue weighted by Crippen LogP contribution is 2.29. The molecular weight excluding hydrogens is 709 g/mol. The van der Waals surface area contributed by atoms with Crippen molar-refractivity contribution in [1.29, 1.82) is 0 Å². The van der Waals surface area contributed by atoms with E-state index >= 15 is 0 Å². The zero-order chi connectivity index (χ0) is 41.3. The summed E-state index contributed by atoms with van der Waals surface area (Å²) >= 11 is 0. The second-order valence-electron chi connectivity index (χ2n) is 14.0. The molecule has 302 valence electrons. The van der Waals surface area contributed by atoms with E-state index in [0.29, 0.717) is 0 Å². The van der Waals surface area contributed by atoms with Gasteiger partial charge in [-0.1, -0.05) is 97.1 Å². The van der Waals surface area contributed by atoms with Crippen molar-refractivity contribution in [1.82, 2.24) is 9.97 Å². The number of nitrogens with zero attached hydrogens (tertiary/aromatic N) is 6. The van der Waals surface area contributed by atoms with E-state index in [2.05, 4.69) is 221 Å². The van der Waals surface area contributed by atoms with E-state index in [1.165, 1.54) is 22.7 Å². The van der Waals surface area contributed by atoms with Gasteiger partial charge in [-0.05, 0) is 126 Å². The van der Waals surface area contributed by atoms with Gasteiger partial charge in [-0.15, -0.1) is 0 Å². The fourth-order valence-corrected chi connectivity index (χ4v) is 7.58. The SMILES string of the molecule is CCN(CC)c1ccccc1/C=C/c1nc(/C=C/c2ccccc2N(CC)CC)c(/C=C/c2ccccc2N(CC)CC)nc1/C=C/c1ccccc1N(CC)CC. The molecule has 0 fully saturated rings. The van der Waals surface area contributed by atoms with Crippen molar-refractivity contribution in [3.63, 3.8) is 0 Å². The molecule has 0 aliphatic rings. The van der Waals surface area contributed by atoms with E-state index in [0.717, 1.165) is 97.4 Å². The fraction of sp³-hybridized carbons (Fsp3) is 0.308. The summed E-state index contributed by atoms with van der Waals surface area (Å²) in [7, 11) is 0. The van der Waals surface area contributed by atoms with Gasteiger partial charge in [-0.3, -0.25) is 0 Å². The Balaban J connectivity index is 1.74. The van der Waals surface area contributed by atoms with Crippen molar-refractivity contribution in [2.24, 2.45) is 0 Å². The highest BCUT2D eigenvalue weighted by molar-refractivity contribution is 5.86. The molecule has 4 aromatic carbocycles. The van der Waals surface area contributed by atoms with Crippen LogP contribution in [-0.2, 0) is 0 Å². The zero-order valence-corrected chi connectivity index (χ0v) is 36.2. The summed E-state index contributed by atoms with van der Waals surface area (Å²) in [5.74, 6) is 0. The molecule has 0 saturated heterocycles. The Bertz CT molecular complexity index is 1860. The van der Waals surface area contributed by atoms with Crippen LogP contribution >= 0.6 is 0 Å². The predicted molar refractivity (Wildman–Crippen MR) is 258 cm³/mol. The monoisotopic (exact) mass is 773 g/mol. The molecular formula is C52H64N6. The largest absolute Gasteiger partial charge is 0.372 e. The molecule has 5 aromatic rings. The van der Waals surface area contributed by atoms with Crippen molar-refractivity contribution >= 4 is 71.4 Å². The zero-order valence-electron chi connectivity index (χ0n) is 36.2. The van der Waals surface area contributed by atoms with Gasteiger partial charge in [0.1, 0.15) is 0 Å². The van der Waals surface area contributed by atoms with Gasteiger partial charge < -0.3 is 19.6 Å². The first-order valence-electron chi connectivity index (χ1n) is 21.4. The molecule has 0 N–H and O–H groups in total. The molecule has 58 heavy (non-hydrogen) atoms. The highest BCUT2D eigenvalue weighted by Gasteiger charge is 2.13. The summed E-state index contributed by atoms with van der Waals surface area (Å²) in [5.41, 5.74) is 12.7. The van der Waals surface area contributed by atoms with Crippen LogP contribution in [0.1, 0.15) is 100 Å². The van der Waals surface area contributed by atoms with Crippen molar-refractivity contribution < 1.29 is 0 Å². The van der Waals surface area contributed by atoms with Crippen LogP contribution in [0.2, 0.25) is 0 Å². The second-order valence-corrected chi connectivity index (χ2v) is 14.0. The van der Waals surface area contributed by atoms with Crippen LogP contribution in [0, 0.1) is 0 Å². The molecule has 5 rings (SSSR count). The molecule has 0 radical (unpaired) electrons. The molecule has 0 aliphatic heterocycles. The molecule has 6 heteroatoms. The third-order valence-electron chi connectivity index (χ3n) is 10.9. The standard InChI is InChI=1S/C52H64N6/c1-9-55(10-2)49-29-21-17-25-41(49)33-37-45-46(38-34-42-26-18-22-30-50(42)56(11-3)12-4)54-48(40-36-44-28-20-24-32-52(44)58(15-7)16-8)47(53-45)39-35-43-27-19-23-31-51(43)57(13-5)14-6/h17-40H,9-16H2,1-8H3/b37-33+,38-34+,39-35+,40-36+. The van der Waals surface area contributed by atoms with Crippen LogP contribution in [-0.4, -0.2) is 62.3 Å². The summed E-state index contributed by atoms with van der Waals surface area (Å²) in [5, 5.41) is 0. The number of para-hydroxylation sites is 4. The lowest BCUT2D eigenvalue weighted by atomic mass is 10.1. The first-order chi connectivity index (χ1) is 28.4. The number of hydrogen-bond donors (Lipinski definition) is 0. The Morgan fingerprint density at radius 1 is 0.293 bits per heavy atom. The van der Waals surface area contributed by atoms with E-state index in [4.69, 9.17) is 9.97 Å². The van der Waals surface area contributed by atoms with Crippen molar-refractivity contribution in [3.8, 4) is 0 Å². The van der Waals surface area contributed by atoms with Crippen LogP contribution < -0.4 is 19.6 Å². The predicted octanol–water partition coefficient (Wildman–Crippen LogP) is 12.5. The quantitative estimate of drug-likeness (QED) is 0.0784. The smallest absolute Gasteiger partial charge is 0.0894 e. The summed E-state index contributed by atoms with van der Waals surface area (Å²) in [4.78, 5) is 20.5. The Kier molecular flexibility index (Phi) is 16.5. The van der Waals surface area contributed by atoms with Crippen LogP contribution in [0.5, 0.6) is 0 Å². The van der Waals surface area contributed by atoms with E-state index in [1.54, 1.807) is 0 Å². The average molecular weight is 773 g/mol. The van der Waals surface area contributed by atoms with Crippen LogP contribution in [0.3, 0.4) is 0 Å². The number of hydrogen-bond acceptors (Lipinski definition) is 6. The minimum absolute atomic E-state index is 0.809. The van der Waals surface area contributed by atoms with Gasteiger partial charge in [-0.2, -0.15) is 0 Å². The molecule has 1 aromatic heterocycles. The van der Waals surface area contributed by atoms with Crippen molar-refractivity contribution in [2.45, 2.75) is 55.4 Å². The van der Waals surface area contributed by atoms with Gasteiger partial charge in [0.25, 0.3) is 0 Å². The van der Waals surface area contributed by atoms with Crippen LogP contribution in [0.25, 0.3) is 48.6 Å². The molecule has 0 spiro atoms. The van der Waals surface area contributed by atoms with E-state index < -0.39 is 0 Å². The molecule has 0 bridgehead atoms. The van der Waals surface area contributed by atoms with Crippen LogP contribution in [0.15, 0.2) is 97.1 Å². The maximum atomic E-state index is 5.45. The molecule has 0 aliphatic carbocycles. The Morgan fingerprint density at radius 3 is 0.672 bits per heavy atom. The topological polar surface area (TPSA) is 38.7 Å². The number of anilines is 4. The summed E-state index contributed by atoms with van der Waals surface area (Å²) in [6.07, 6.45) is 17.3. The van der Waals surface area contributed by atoms with Gasteiger partial charge in [0.2, 0.25) is 0 Å². The molecule has 0 saturated carbocycles. The second kappa shape index (κ2) is 22.2. The van der Waals surface area contributed by atoms with Gasteiger partial charge >= 0.3 is 0 Å². The third kappa shape index (κ3) is 10.7. The van der Waals surface area contributed by atoms with E-state index in [9.17, 15) is 0 Å². The molecule has 0 atom stereocenters. The maximum Gasteiger partial charge on any atom is 0.0894 e. The van der Waals surface area contributed by atoms with Crippen molar-refractivity contribution in [2.75, 3.05) is 72.0 Å². The molecule has 1 heterocycles. The van der Waals surface area contributed by atoms with Gasteiger partial charge in [0, 0.05) is 75.1 Å². The minimum atomic E-state index is 0.809. The first-order valence-corrected chi connectivity index (χ1v) is 21.4. The maximum absolute atomic E-state index is 5.45. The summed E-state index contributed by atoms with van der Waals surface area (Å²) < 4.78 is 0. The number of aromatic nitrogens is 2. The highest BCUT2D eigenvalue weighted by atomic mass is 15.1. The Labute approximate surface area is 349 Å². The normalized spacial score (nSPS) is 11.7. The lowest BCUT2D eigenvalue weighted by Crippen LogP contribution is -2.22. The minimum Gasteiger partial charge on any atom is -0.372 e. The van der Waals surface area contributed by atoms with Gasteiger partial charge in [0.15, 0.2) is 0 Å². The lowest BCUT2D eigenvalue weighted by molar-refractivity contribution is 0.865. The number of benzene rings is 4.